The van der Waals surface area contributed by atoms with Gasteiger partial charge in [-0.05, 0) is 38.5 Å². The van der Waals surface area contributed by atoms with Crippen LogP contribution in [0.4, 0.5) is 10.5 Å². The highest BCUT2D eigenvalue weighted by molar-refractivity contribution is 6.31. The second kappa shape index (κ2) is 6.61. The molecule has 1 rings (SSSR count). The zero-order chi connectivity index (χ0) is 15.3. The van der Waals surface area contributed by atoms with Crippen LogP contribution in [0.5, 0.6) is 0 Å². The lowest BCUT2D eigenvalue weighted by molar-refractivity contribution is 0.0698. The lowest BCUT2D eigenvalue weighted by Gasteiger charge is -2.26. The van der Waals surface area contributed by atoms with Crippen LogP contribution < -0.4 is 10.6 Å². The van der Waals surface area contributed by atoms with Crippen LogP contribution in [0.3, 0.4) is 0 Å². The summed E-state index contributed by atoms with van der Waals surface area (Å²) in [6.07, 6.45) is 1.77. The molecule has 0 aromatic heterocycles. The van der Waals surface area contributed by atoms with Gasteiger partial charge in [0.05, 0.1) is 11.3 Å². The van der Waals surface area contributed by atoms with Crippen molar-refractivity contribution in [1.82, 2.24) is 5.32 Å². The second-order valence-electron chi connectivity index (χ2n) is 5.21. The van der Waals surface area contributed by atoms with E-state index in [2.05, 4.69) is 10.6 Å². The van der Waals surface area contributed by atoms with E-state index in [9.17, 15) is 9.59 Å². The van der Waals surface area contributed by atoms with Crippen LogP contribution in [0.2, 0.25) is 5.02 Å². The molecule has 0 saturated carbocycles. The highest BCUT2D eigenvalue weighted by atomic mass is 35.5. The number of carboxylic acid groups (broad SMARTS) is 1. The van der Waals surface area contributed by atoms with E-state index in [-0.39, 0.29) is 16.8 Å². The molecule has 0 heterocycles. The average molecular weight is 299 g/mol. The molecule has 0 fully saturated rings. The minimum atomic E-state index is -1.14. The van der Waals surface area contributed by atoms with Gasteiger partial charge in [-0.2, -0.15) is 0 Å². The molecule has 0 aliphatic heterocycles. The first-order valence-electron chi connectivity index (χ1n) is 6.37. The zero-order valence-corrected chi connectivity index (χ0v) is 12.5. The maximum absolute atomic E-state index is 11.9. The van der Waals surface area contributed by atoms with Gasteiger partial charge in [0, 0.05) is 10.6 Å². The third-order valence-electron chi connectivity index (χ3n) is 2.79. The monoisotopic (exact) mass is 298 g/mol. The van der Waals surface area contributed by atoms with Gasteiger partial charge in [-0.25, -0.2) is 9.59 Å². The third-order valence-corrected chi connectivity index (χ3v) is 3.02. The van der Waals surface area contributed by atoms with Gasteiger partial charge in [0.2, 0.25) is 0 Å². The summed E-state index contributed by atoms with van der Waals surface area (Å²) in [6.45, 7) is 5.86. The number of hydrogen-bond acceptors (Lipinski definition) is 2. The summed E-state index contributed by atoms with van der Waals surface area (Å²) in [6, 6.07) is 3.86. The number of amides is 2. The van der Waals surface area contributed by atoms with Gasteiger partial charge in [0.25, 0.3) is 0 Å². The van der Waals surface area contributed by atoms with Crippen molar-refractivity contribution in [3.05, 3.63) is 28.8 Å². The van der Waals surface area contributed by atoms with E-state index in [1.54, 1.807) is 0 Å². The largest absolute Gasteiger partial charge is 0.478 e. The molecule has 5 nitrogen and oxygen atoms in total. The van der Waals surface area contributed by atoms with Crippen LogP contribution >= 0.6 is 11.6 Å². The normalized spacial score (nSPS) is 11.0. The van der Waals surface area contributed by atoms with Crippen LogP contribution in [0.15, 0.2) is 18.2 Å². The SMILES string of the molecule is CCCC(C)(C)NC(=O)Nc1ccc(Cl)cc1C(=O)O. The van der Waals surface area contributed by atoms with Crippen molar-refractivity contribution < 1.29 is 14.7 Å². The molecular formula is C14H19ClN2O3. The summed E-state index contributed by atoms with van der Waals surface area (Å²) < 4.78 is 0. The predicted molar refractivity (Wildman–Crippen MR) is 79.6 cm³/mol. The summed E-state index contributed by atoms with van der Waals surface area (Å²) in [7, 11) is 0. The number of anilines is 1. The number of rotatable bonds is 5. The van der Waals surface area contributed by atoms with E-state index in [0.717, 1.165) is 12.8 Å². The fourth-order valence-electron chi connectivity index (χ4n) is 1.95. The van der Waals surface area contributed by atoms with E-state index in [0.29, 0.717) is 5.02 Å². The standard InChI is InChI=1S/C14H19ClN2O3/c1-4-7-14(2,3)17-13(20)16-11-6-5-9(15)8-10(11)12(18)19/h5-6,8H,4,7H2,1-3H3,(H,18,19)(H2,16,17,20). The molecule has 110 valence electrons. The predicted octanol–water partition coefficient (Wildman–Crippen LogP) is 3.74. The Bertz CT molecular complexity index is 515. The molecule has 0 bridgehead atoms. The van der Waals surface area contributed by atoms with Crippen molar-refractivity contribution in [2.75, 3.05) is 5.32 Å². The number of nitrogens with one attached hydrogen (secondary N) is 2. The molecule has 0 aliphatic carbocycles. The van der Waals surface area contributed by atoms with Crippen molar-refractivity contribution in [3.8, 4) is 0 Å². The van der Waals surface area contributed by atoms with E-state index >= 15 is 0 Å². The van der Waals surface area contributed by atoms with Gasteiger partial charge in [-0.3, -0.25) is 0 Å². The molecule has 0 saturated heterocycles. The first-order valence-corrected chi connectivity index (χ1v) is 6.75. The maximum atomic E-state index is 11.9. The van der Waals surface area contributed by atoms with Crippen molar-refractivity contribution in [2.24, 2.45) is 0 Å². The summed E-state index contributed by atoms with van der Waals surface area (Å²) in [5.41, 5.74) is -0.179. The molecular weight excluding hydrogens is 280 g/mol. The molecule has 1 aromatic rings. The second-order valence-corrected chi connectivity index (χ2v) is 5.64. The van der Waals surface area contributed by atoms with Crippen molar-refractivity contribution in [3.63, 3.8) is 0 Å². The van der Waals surface area contributed by atoms with Gasteiger partial charge >= 0.3 is 12.0 Å². The molecule has 0 radical (unpaired) electrons. The Morgan fingerprint density at radius 2 is 2.00 bits per heavy atom. The molecule has 20 heavy (non-hydrogen) atoms. The molecule has 1 aromatic carbocycles. The van der Waals surface area contributed by atoms with Gasteiger partial charge in [0.15, 0.2) is 0 Å². The molecule has 0 spiro atoms. The number of hydrogen-bond donors (Lipinski definition) is 3. The number of benzene rings is 1. The van der Waals surface area contributed by atoms with Gasteiger partial charge in [-0.1, -0.05) is 24.9 Å². The van der Waals surface area contributed by atoms with E-state index in [1.165, 1.54) is 18.2 Å². The fourth-order valence-corrected chi connectivity index (χ4v) is 2.12. The number of carboxylic acids is 1. The van der Waals surface area contributed by atoms with E-state index in [4.69, 9.17) is 16.7 Å². The summed E-state index contributed by atoms with van der Waals surface area (Å²) in [5, 5.41) is 14.7. The molecule has 0 aliphatic rings. The molecule has 6 heteroatoms. The van der Waals surface area contributed by atoms with Gasteiger partial charge in [-0.15, -0.1) is 0 Å². The van der Waals surface area contributed by atoms with Crippen LogP contribution in [-0.2, 0) is 0 Å². The first-order chi connectivity index (χ1) is 9.25. The van der Waals surface area contributed by atoms with Crippen LogP contribution in [0.1, 0.15) is 44.0 Å². The summed E-state index contributed by atoms with van der Waals surface area (Å²) in [4.78, 5) is 23.0. The van der Waals surface area contributed by atoms with Gasteiger partial charge in [0.1, 0.15) is 0 Å². The number of halogens is 1. The number of aromatic carboxylic acids is 1. The zero-order valence-electron chi connectivity index (χ0n) is 11.8. The molecule has 0 unspecified atom stereocenters. The van der Waals surface area contributed by atoms with Crippen molar-refractivity contribution in [1.29, 1.82) is 0 Å². The lowest BCUT2D eigenvalue weighted by Crippen LogP contribution is -2.45. The Balaban J connectivity index is 2.83. The Kier molecular flexibility index (Phi) is 5.39. The first kappa shape index (κ1) is 16.3. The van der Waals surface area contributed by atoms with Gasteiger partial charge < -0.3 is 15.7 Å². The topological polar surface area (TPSA) is 78.4 Å². The Hall–Kier alpha value is -1.75. The Labute approximate surface area is 123 Å². The van der Waals surface area contributed by atoms with Crippen LogP contribution in [0.25, 0.3) is 0 Å². The molecule has 0 atom stereocenters. The molecule has 3 N–H and O–H groups in total. The number of carbonyl (C=O) groups excluding carboxylic acids is 1. The van der Waals surface area contributed by atoms with E-state index < -0.39 is 12.0 Å². The number of urea groups is 1. The highest BCUT2D eigenvalue weighted by Crippen LogP contribution is 2.21. The minimum Gasteiger partial charge on any atom is -0.478 e. The molecule has 2 amide bonds. The summed E-state index contributed by atoms with van der Waals surface area (Å²) in [5.74, 6) is -1.14. The number of carbonyl (C=O) groups is 2. The quantitative estimate of drug-likeness (QED) is 0.775. The fraction of sp³-hybridized carbons (Fsp3) is 0.429. The maximum Gasteiger partial charge on any atom is 0.337 e. The van der Waals surface area contributed by atoms with E-state index in [1.807, 2.05) is 20.8 Å². The van der Waals surface area contributed by atoms with Crippen LogP contribution in [0, 0.1) is 0 Å². The Morgan fingerprint density at radius 3 is 2.55 bits per heavy atom. The minimum absolute atomic E-state index is 0.0408. The summed E-state index contributed by atoms with van der Waals surface area (Å²) >= 11 is 5.75. The van der Waals surface area contributed by atoms with Crippen LogP contribution in [-0.4, -0.2) is 22.6 Å². The van der Waals surface area contributed by atoms with Crippen molar-refractivity contribution >= 4 is 29.3 Å². The average Bonchev–Trinajstić information content (AvgIpc) is 2.30. The third kappa shape index (κ3) is 4.74. The van der Waals surface area contributed by atoms with Crippen molar-refractivity contribution in [2.45, 2.75) is 39.2 Å². The Morgan fingerprint density at radius 1 is 1.35 bits per heavy atom. The smallest absolute Gasteiger partial charge is 0.337 e. The highest BCUT2D eigenvalue weighted by Gasteiger charge is 2.20. The lowest BCUT2D eigenvalue weighted by atomic mass is 9.99.